The minimum Gasteiger partial charge on any atom is -0.459 e. The van der Waals surface area contributed by atoms with Crippen LogP contribution in [-0.2, 0) is 4.74 Å². The molecule has 2 N–H and O–H groups in total. The van der Waals surface area contributed by atoms with Gasteiger partial charge in [0.15, 0.2) is 0 Å². The topological polar surface area (TPSA) is 70.0 Å². The Morgan fingerprint density at radius 1 is 1.40 bits per heavy atom. The van der Waals surface area contributed by atoms with Crippen LogP contribution >= 0.6 is 11.3 Å². The van der Waals surface area contributed by atoms with Crippen molar-refractivity contribution in [2.75, 3.05) is 26.7 Å². The van der Waals surface area contributed by atoms with Crippen molar-refractivity contribution in [1.82, 2.24) is 4.90 Å². The number of hydrogen-bond acceptors (Lipinski definition) is 6. The molecule has 0 saturated heterocycles. The van der Waals surface area contributed by atoms with Gasteiger partial charge in [-0.3, -0.25) is 0 Å². The van der Waals surface area contributed by atoms with Gasteiger partial charge in [-0.15, -0.1) is 11.3 Å². The minimum absolute atomic E-state index is 0.108. The van der Waals surface area contributed by atoms with Gasteiger partial charge in [-0.1, -0.05) is 0 Å². The molecule has 0 spiro atoms. The van der Waals surface area contributed by atoms with Crippen molar-refractivity contribution in [3.63, 3.8) is 0 Å². The van der Waals surface area contributed by atoms with Crippen LogP contribution in [0, 0.1) is 0 Å². The van der Waals surface area contributed by atoms with Crippen molar-refractivity contribution in [2.24, 2.45) is 0 Å². The molecule has 1 aromatic heterocycles. The zero-order valence-corrected chi connectivity index (χ0v) is 13.0. The molecule has 0 aliphatic heterocycles. The lowest BCUT2D eigenvalue weighted by atomic mass is 10.2. The number of hydrogen-bond donors (Lipinski definition) is 2. The number of aliphatic hydroxyl groups excluding tert-OH is 2. The lowest BCUT2D eigenvalue weighted by Crippen LogP contribution is -2.24. The molecule has 1 rings (SSSR count). The SMILES string of the molecule is CC(C)OC(=O)c1ccc(C(O)CCN(C)CCO)s1. The van der Waals surface area contributed by atoms with E-state index >= 15 is 0 Å². The van der Waals surface area contributed by atoms with E-state index in [2.05, 4.69) is 0 Å². The van der Waals surface area contributed by atoms with E-state index < -0.39 is 6.10 Å². The highest BCUT2D eigenvalue weighted by Crippen LogP contribution is 2.26. The zero-order valence-electron chi connectivity index (χ0n) is 12.2. The van der Waals surface area contributed by atoms with Gasteiger partial charge in [-0.25, -0.2) is 4.79 Å². The second-order valence-corrected chi connectivity index (χ2v) is 6.10. The summed E-state index contributed by atoms with van der Waals surface area (Å²) in [4.78, 5) is 14.9. The van der Waals surface area contributed by atoms with E-state index in [1.54, 1.807) is 26.0 Å². The summed E-state index contributed by atoms with van der Waals surface area (Å²) in [7, 11) is 1.89. The van der Waals surface area contributed by atoms with Crippen LogP contribution in [0.5, 0.6) is 0 Å². The number of carbonyl (C=O) groups excluding carboxylic acids is 1. The summed E-state index contributed by atoms with van der Waals surface area (Å²) in [6.07, 6.45) is -0.178. The predicted octanol–water partition coefficient (Wildman–Crippen LogP) is 1.66. The molecule has 0 aromatic carbocycles. The van der Waals surface area contributed by atoms with E-state index in [-0.39, 0.29) is 18.7 Å². The van der Waals surface area contributed by atoms with Gasteiger partial charge in [0.1, 0.15) is 4.88 Å². The molecule has 20 heavy (non-hydrogen) atoms. The Hall–Kier alpha value is -0.950. The van der Waals surface area contributed by atoms with Gasteiger partial charge >= 0.3 is 5.97 Å². The lowest BCUT2D eigenvalue weighted by Gasteiger charge is -2.16. The van der Waals surface area contributed by atoms with Gasteiger partial charge in [0.2, 0.25) is 0 Å². The molecule has 0 aliphatic rings. The number of carbonyl (C=O) groups is 1. The quantitative estimate of drug-likeness (QED) is 0.715. The first-order chi connectivity index (χ1) is 9.43. The molecule has 1 heterocycles. The van der Waals surface area contributed by atoms with Crippen LogP contribution in [0.4, 0.5) is 0 Å². The number of thiophene rings is 1. The van der Waals surface area contributed by atoms with Gasteiger partial charge in [0.25, 0.3) is 0 Å². The second-order valence-electron chi connectivity index (χ2n) is 4.99. The van der Waals surface area contributed by atoms with E-state index in [0.29, 0.717) is 24.4 Å². The molecular weight excluding hydrogens is 278 g/mol. The molecule has 5 nitrogen and oxygen atoms in total. The van der Waals surface area contributed by atoms with E-state index in [9.17, 15) is 9.90 Å². The molecule has 0 bridgehead atoms. The van der Waals surface area contributed by atoms with Gasteiger partial charge in [-0.05, 0) is 39.4 Å². The normalized spacial score (nSPS) is 12.9. The highest BCUT2D eigenvalue weighted by molar-refractivity contribution is 7.14. The van der Waals surface area contributed by atoms with E-state index in [4.69, 9.17) is 9.84 Å². The molecule has 0 saturated carbocycles. The summed E-state index contributed by atoms with van der Waals surface area (Å²) >= 11 is 1.26. The standard InChI is InChI=1S/C14H23NO4S/c1-10(2)19-14(18)13-5-4-12(20-13)11(17)6-7-15(3)8-9-16/h4-5,10-11,16-17H,6-9H2,1-3H3. The Morgan fingerprint density at radius 3 is 2.70 bits per heavy atom. The Bertz CT molecular complexity index is 419. The molecule has 6 heteroatoms. The summed E-state index contributed by atoms with van der Waals surface area (Å²) in [5.74, 6) is -0.346. The predicted molar refractivity (Wildman–Crippen MR) is 79.0 cm³/mol. The Balaban J connectivity index is 2.51. The Kier molecular flexibility index (Phi) is 7.15. The molecular formula is C14H23NO4S. The summed E-state index contributed by atoms with van der Waals surface area (Å²) in [6, 6.07) is 3.45. The first-order valence-electron chi connectivity index (χ1n) is 6.72. The average Bonchev–Trinajstić information content (AvgIpc) is 2.85. The Morgan fingerprint density at radius 2 is 2.10 bits per heavy atom. The minimum atomic E-state index is -0.596. The fourth-order valence-electron chi connectivity index (χ4n) is 1.68. The third-order valence-corrected chi connectivity index (χ3v) is 3.93. The van der Waals surface area contributed by atoms with Crippen LogP contribution in [-0.4, -0.2) is 53.9 Å². The number of aliphatic hydroxyl groups is 2. The fourth-order valence-corrected chi connectivity index (χ4v) is 2.59. The number of rotatable bonds is 8. The number of esters is 1. The number of ether oxygens (including phenoxy) is 1. The summed E-state index contributed by atoms with van der Waals surface area (Å²) < 4.78 is 5.11. The van der Waals surface area contributed by atoms with E-state index in [0.717, 1.165) is 4.88 Å². The first kappa shape index (κ1) is 17.1. The number of nitrogens with zero attached hydrogens (tertiary/aromatic N) is 1. The van der Waals surface area contributed by atoms with Crippen LogP contribution in [0.2, 0.25) is 0 Å². The van der Waals surface area contributed by atoms with E-state index in [1.807, 2.05) is 11.9 Å². The monoisotopic (exact) mass is 301 g/mol. The average molecular weight is 301 g/mol. The molecule has 1 aromatic rings. The molecule has 114 valence electrons. The van der Waals surface area contributed by atoms with Crippen LogP contribution < -0.4 is 0 Å². The van der Waals surface area contributed by atoms with Crippen molar-refractivity contribution < 1.29 is 19.7 Å². The smallest absolute Gasteiger partial charge is 0.348 e. The first-order valence-corrected chi connectivity index (χ1v) is 7.54. The van der Waals surface area contributed by atoms with Crippen LogP contribution in [0.1, 0.15) is 40.9 Å². The van der Waals surface area contributed by atoms with Crippen molar-refractivity contribution in [2.45, 2.75) is 32.5 Å². The van der Waals surface area contributed by atoms with Crippen molar-refractivity contribution in [3.05, 3.63) is 21.9 Å². The second kappa shape index (κ2) is 8.36. The van der Waals surface area contributed by atoms with Gasteiger partial charge in [0.05, 0.1) is 18.8 Å². The molecule has 0 amide bonds. The summed E-state index contributed by atoms with van der Waals surface area (Å²) in [5.41, 5.74) is 0. The summed E-state index contributed by atoms with van der Waals surface area (Å²) in [5, 5.41) is 18.9. The number of likely N-dealkylation sites (N-methyl/N-ethyl adjacent to an activating group) is 1. The third-order valence-electron chi connectivity index (χ3n) is 2.77. The van der Waals surface area contributed by atoms with Gasteiger partial charge in [0, 0.05) is 18.0 Å². The van der Waals surface area contributed by atoms with Crippen molar-refractivity contribution in [3.8, 4) is 0 Å². The largest absolute Gasteiger partial charge is 0.459 e. The van der Waals surface area contributed by atoms with Crippen LogP contribution in [0.25, 0.3) is 0 Å². The van der Waals surface area contributed by atoms with Gasteiger partial charge < -0.3 is 19.8 Å². The highest BCUT2D eigenvalue weighted by Gasteiger charge is 2.16. The molecule has 1 atom stereocenters. The highest BCUT2D eigenvalue weighted by atomic mass is 32.1. The fraction of sp³-hybridized carbons (Fsp3) is 0.643. The van der Waals surface area contributed by atoms with Crippen LogP contribution in [0.15, 0.2) is 12.1 Å². The maximum atomic E-state index is 11.7. The molecule has 1 unspecified atom stereocenters. The zero-order chi connectivity index (χ0) is 15.1. The molecule has 0 aliphatic carbocycles. The van der Waals surface area contributed by atoms with Crippen molar-refractivity contribution >= 4 is 17.3 Å². The maximum Gasteiger partial charge on any atom is 0.348 e. The summed E-state index contributed by atoms with van der Waals surface area (Å²) in [6.45, 7) is 4.99. The molecule has 0 radical (unpaired) electrons. The van der Waals surface area contributed by atoms with Gasteiger partial charge in [-0.2, -0.15) is 0 Å². The third kappa shape index (κ3) is 5.58. The van der Waals surface area contributed by atoms with Crippen LogP contribution in [0.3, 0.4) is 0 Å². The van der Waals surface area contributed by atoms with Crippen molar-refractivity contribution in [1.29, 1.82) is 0 Å². The molecule has 0 fully saturated rings. The van der Waals surface area contributed by atoms with E-state index in [1.165, 1.54) is 11.3 Å². The lowest BCUT2D eigenvalue weighted by molar-refractivity contribution is 0.0384. The maximum absolute atomic E-state index is 11.7. The Labute approximate surface area is 123 Å².